The first-order valence-electron chi connectivity index (χ1n) is 15.0. The zero-order chi connectivity index (χ0) is 31.7. The van der Waals surface area contributed by atoms with Crippen LogP contribution in [0.1, 0.15) is 57.3 Å². The highest BCUT2D eigenvalue weighted by atomic mass is 32.2. The highest BCUT2D eigenvalue weighted by molar-refractivity contribution is 7.89. The number of aryl methyl sites for hydroxylation is 1. The number of carbonyl (C=O) groups excluding carboxylic acids is 2. The van der Waals surface area contributed by atoms with Crippen LogP contribution in [0.15, 0.2) is 66.7 Å². The van der Waals surface area contributed by atoms with E-state index in [0.717, 1.165) is 78.5 Å². The second kappa shape index (κ2) is 14.9. The second-order valence-corrected chi connectivity index (χ2v) is 12.5. The minimum Gasteiger partial charge on any atom is -0.409 e. The van der Waals surface area contributed by atoms with E-state index in [-0.39, 0.29) is 11.8 Å². The predicted octanol–water partition coefficient (Wildman–Crippen LogP) is 6.48. The van der Waals surface area contributed by atoms with E-state index in [0.29, 0.717) is 18.7 Å². The van der Waals surface area contributed by atoms with Crippen molar-refractivity contribution in [2.24, 2.45) is 0 Å². The van der Waals surface area contributed by atoms with Crippen LogP contribution in [0, 0.1) is 0 Å². The van der Waals surface area contributed by atoms with Crippen molar-refractivity contribution in [3.8, 4) is 16.9 Å². The van der Waals surface area contributed by atoms with Crippen LogP contribution < -0.4 is 19.7 Å². The molecule has 4 rings (SSSR count). The van der Waals surface area contributed by atoms with Crippen molar-refractivity contribution in [1.82, 2.24) is 19.6 Å². The van der Waals surface area contributed by atoms with Gasteiger partial charge in [-0.3, -0.25) is 4.90 Å². The number of fused-ring (bicyclic) bond motifs is 1. The van der Waals surface area contributed by atoms with E-state index in [9.17, 15) is 18.0 Å². The lowest BCUT2D eigenvalue weighted by atomic mass is 10.0. The van der Waals surface area contributed by atoms with Gasteiger partial charge in [-0.15, -0.1) is 0 Å². The van der Waals surface area contributed by atoms with E-state index in [1.807, 2.05) is 59.3 Å². The molecule has 0 fully saturated rings. The average molecular weight is 620 g/mol. The summed E-state index contributed by atoms with van der Waals surface area (Å²) in [5.74, 6) is 1.25. The molecule has 1 aromatic heterocycles. The number of nitrogens with zero attached hydrogens (tertiary/aromatic N) is 3. The fraction of sp³-hybridized carbons (Fsp3) is 0.364. The fourth-order valence-corrected chi connectivity index (χ4v) is 5.42. The molecule has 0 saturated heterocycles. The fourth-order valence-electron chi connectivity index (χ4n) is 5.08. The van der Waals surface area contributed by atoms with Crippen molar-refractivity contribution < 1.29 is 22.7 Å². The van der Waals surface area contributed by atoms with Gasteiger partial charge >= 0.3 is 12.1 Å². The number of amides is 3. The van der Waals surface area contributed by atoms with Crippen LogP contribution in [0.4, 0.5) is 15.3 Å². The second-order valence-electron chi connectivity index (χ2n) is 10.8. The molecule has 4 aromatic rings. The monoisotopic (exact) mass is 619 g/mol. The normalized spacial score (nSPS) is 11.4. The number of sulfonamides is 1. The molecule has 0 radical (unpaired) electrons. The maximum Gasteiger partial charge on any atom is 0.426 e. The first kappa shape index (κ1) is 32.5. The molecule has 0 aliphatic rings. The number of hydrogen-bond donors (Lipinski definition) is 2. The molecule has 3 aromatic carbocycles. The summed E-state index contributed by atoms with van der Waals surface area (Å²) < 4.78 is 32.2. The number of hydrogen-bond acceptors (Lipinski definition) is 6. The summed E-state index contributed by atoms with van der Waals surface area (Å²) in [4.78, 5) is 31.6. The summed E-state index contributed by atoms with van der Waals surface area (Å²) in [6.45, 7) is 5.56. The molecule has 0 saturated carbocycles. The van der Waals surface area contributed by atoms with Crippen LogP contribution in [0.2, 0.25) is 0 Å². The lowest BCUT2D eigenvalue weighted by Crippen LogP contribution is -2.38. The number of nitrogens with one attached hydrogen (secondary N) is 2. The van der Waals surface area contributed by atoms with Gasteiger partial charge in [0.25, 0.3) is 0 Å². The van der Waals surface area contributed by atoms with E-state index in [4.69, 9.17) is 9.72 Å². The third-order valence-corrected chi connectivity index (χ3v) is 7.82. The van der Waals surface area contributed by atoms with Crippen LogP contribution in [0.25, 0.3) is 22.2 Å². The van der Waals surface area contributed by atoms with Crippen molar-refractivity contribution in [3.63, 3.8) is 0 Å². The van der Waals surface area contributed by atoms with Gasteiger partial charge in [0.15, 0.2) is 0 Å². The molecular formula is C33H41N5O5S. The number of imidazole rings is 1. The molecule has 44 heavy (non-hydrogen) atoms. The molecule has 11 heteroatoms. The van der Waals surface area contributed by atoms with E-state index < -0.39 is 16.1 Å². The molecule has 0 spiro atoms. The van der Waals surface area contributed by atoms with Gasteiger partial charge in [-0.2, -0.15) is 0 Å². The SMILES string of the molecule is CCCCCN(C(=O)NC)c1ccc2c(c1)nc(CCCC)n2Cc1ccc(-c2ccccc2OC(=O)NS(C)(=O)=O)cc1. The Hall–Kier alpha value is -4.38. The van der Waals surface area contributed by atoms with Gasteiger partial charge in [0.05, 0.1) is 17.3 Å². The van der Waals surface area contributed by atoms with Crippen molar-refractivity contribution >= 4 is 38.9 Å². The Labute approximate surface area is 259 Å². The number of urea groups is 1. The third kappa shape index (κ3) is 8.37. The summed E-state index contributed by atoms with van der Waals surface area (Å²) in [5.41, 5.74) is 5.23. The number of aromatic nitrogens is 2. The minimum atomic E-state index is -3.75. The Kier molecular flexibility index (Phi) is 11.0. The number of unbranched alkanes of at least 4 members (excludes halogenated alkanes) is 3. The number of para-hydroxylation sites is 1. The summed E-state index contributed by atoms with van der Waals surface area (Å²) in [7, 11) is -2.10. The number of anilines is 1. The minimum absolute atomic E-state index is 0.130. The Balaban J connectivity index is 1.61. The van der Waals surface area contributed by atoms with Gasteiger partial charge in [0, 0.05) is 37.8 Å². The molecular weight excluding hydrogens is 578 g/mol. The molecule has 0 aliphatic carbocycles. The molecule has 0 bridgehead atoms. The first-order valence-corrected chi connectivity index (χ1v) is 16.9. The summed E-state index contributed by atoms with van der Waals surface area (Å²) in [6, 6.07) is 20.8. The molecule has 1 heterocycles. The molecule has 234 valence electrons. The highest BCUT2D eigenvalue weighted by Gasteiger charge is 2.18. The molecule has 2 N–H and O–H groups in total. The Morgan fingerprint density at radius 3 is 2.36 bits per heavy atom. The molecule has 0 aliphatic heterocycles. The predicted molar refractivity (Wildman–Crippen MR) is 175 cm³/mol. The van der Waals surface area contributed by atoms with Crippen LogP contribution in [0.5, 0.6) is 5.75 Å². The van der Waals surface area contributed by atoms with Gasteiger partial charge in [-0.05, 0) is 48.2 Å². The molecule has 0 unspecified atom stereocenters. The average Bonchev–Trinajstić information content (AvgIpc) is 3.33. The largest absolute Gasteiger partial charge is 0.426 e. The van der Waals surface area contributed by atoms with E-state index in [2.05, 4.69) is 23.7 Å². The van der Waals surface area contributed by atoms with Crippen molar-refractivity contribution in [2.45, 2.75) is 58.9 Å². The maximum absolute atomic E-state index is 12.7. The van der Waals surface area contributed by atoms with Gasteiger partial charge in [-0.1, -0.05) is 75.6 Å². The number of benzene rings is 3. The molecule has 3 amide bonds. The first-order chi connectivity index (χ1) is 21.1. The van der Waals surface area contributed by atoms with Crippen molar-refractivity contribution in [1.29, 1.82) is 0 Å². The van der Waals surface area contributed by atoms with Crippen LogP contribution in [-0.2, 0) is 23.0 Å². The third-order valence-electron chi connectivity index (χ3n) is 7.28. The van der Waals surface area contributed by atoms with Crippen LogP contribution >= 0.6 is 0 Å². The van der Waals surface area contributed by atoms with Crippen molar-refractivity contribution in [2.75, 3.05) is 24.7 Å². The van der Waals surface area contributed by atoms with Gasteiger partial charge in [0.2, 0.25) is 10.0 Å². The maximum atomic E-state index is 12.7. The Morgan fingerprint density at radius 2 is 1.68 bits per heavy atom. The smallest absolute Gasteiger partial charge is 0.409 e. The van der Waals surface area contributed by atoms with Crippen molar-refractivity contribution in [3.05, 3.63) is 78.1 Å². The van der Waals surface area contributed by atoms with Gasteiger partial charge in [-0.25, -0.2) is 27.7 Å². The summed E-state index contributed by atoms with van der Waals surface area (Å²) >= 11 is 0. The zero-order valence-electron chi connectivity index (χ0n) is 25.8. The van der Waals surface area contributed by atoms with E-state index >= 15 is 0 Å². The lowest BCUT2D eigenvalue weighted by Gasteiger charge is -2.22. The topological polar surface area (TPSA) is 123 Å². The van der Waals surface area contributed by atoms with Crippen LogP contribution in [-0.4, -0.2) is 49.9 Å². The van der Waals surface area contributed by atoms with E-state index in [1.165, 1.54) is 0 Å². The summed E-state index contributed by atoms with van der Waals surface area (Å²) in [5, 5.41) is 2.76. The van der Waals surface area contributed by atoms with Gasteiger partial charge in [0.1, 0.15) is 11.6 Å². The molecule has 10 nitrogen and oxygen atoms in total. The number of ether oxygens (including phenoxy) is 1. The van der Waals surface area contributed by atoms with Gasteiger partial charge < -0.3 is 14.6 Å². The Morgan fingerprint density at radius 1 is 0.955 bits per heavy atom. The number of carbonyl (C=O) groups is 2. The van der Waals surface area contributed by atoms with Crippen LogP contribution in [0.3, 0.4) is 0 Å². The zero-order valence-corrected chi connectivity index (χ0v) is 26.6. The quantitative estimate of drug-likeness (QED) is 0.165. The summed E-state index contributed by atoms with van der Waals surface area (Å²) in [6.07, 6.45) is 5.80. The number of rotatable bonds is 13. The highest BCUT2D eigenvalue weighted by Crippen LogP contribution is 2.31. The molecule has 0 atom stereocenters. The van der Waals surface area contributed by atoms with E-state index in [1.54, 1.807) is 24.1 Å². The standard InChI is InChI=1S/C33H41N5O5S/c1-5-7-11-21-37(32(39)34-3)26-19-20-29-28(22-26)35-31(14-8-6-2)38(29)23-24-15-17-25(18-16-24)27-12-9-10-13-30(27)43-33(40)36-44(4,41)42/h9-10,12-13,15-20,22H,5-8,11,14,21,23H2,1-4H3,(H,34,39)(H,36,40). The lowest BCUT2D eigenvalue weighted by molar-refractivity contribution is 0.207. The Bertz CT molecular complexity index is 1700.